The van der Waals surface area contributed by atoms with Crippen LogP contribution in [0.15, 0.2) is 6.07 Å². The van der Waals surface area contributed by atoms with E-state index in [9.17, 15) is 4.79 Å². The van der Waals surface area contributed by atoms with Gasteiger partial charge < -0.3 is 4.74 Å². The second-order valence-corrected chi connectivity index (χ2v) is 3.63. The van der Waals surface area contributed by atoms with Crippen molar-refractivity contribution in [3.63, 3.8) is 0 Å². The Morgan fingerprint density at radius 3 is 2.14 bits per heavy atom. The van der Waals surface area contributed by atoms with Crippen LogP contribution in [0, 0.1) is 27.7 Å². The lowest BCUT2D eigenvalue weighted by atomic mass is 9.94. The average molecular weight is 192 g/mol. The van der Waals surface area contributed by atoms with Crippen LogP contribution in [0.3, 0.4) is 0 Å². The van der Waals surface area contributed by atoms with Crippen molar-refractivity contribution in [2.24, 2.45) is 0 Å². The standard InChI is InChI=1S/C12H16O2/c1-7-6-8(2)11(12(13)14-5)10(4)9(7)3/h6H,1-5H3. The van der Waals surface area contributed by atoms with E-state index in [2.05, 4.69) is 6.92 Å². The van der Waals surface area contributed by atoms with Gasteiger partial charge >= 0.3 is 5.97 Å². The molecule has 0 aliphatic heterocycles. The highest BCUT2D eigenvalue weighted by molar-refractivity contribution is 5.93. The molecule has 0 saturated carbocycles. The fourth-order valence-electron chi connectivity index (χ4n) is 1.70. The molecule has 0 aliphatic rings. The van der Waals surface area contributed by atoms with Crippen molar-refractivity contribution >= 4 is 5.97 Å². The van der Waals surface area contributed by atoms with Crippen LogP contribution in [-0.2, 0) is 4.74 Å². The minimum Gasteiger partial charge on any atom is -0.465 e. The van der Waals surface area contributed by atoms with Gasteiger partial charge in [0.1, 0.15) is 0 Å². The second-order valence-electron chi connectivity index (χ2n) is 3.63. The molecule has 14 heavy (non-hydrogen) atoms. The average Bonchev–Trinajstić information content (AvgIpc) is 2.14. The first kappa shape index (κ1) is 10.8. The monoisotopic (exact) mass is 192 g/mol. The number of ether oxygens (including phenoxy) is 1. The molecule has 1 aromatic rings. The lowest BCUT2D eigenvalue weighted by molar-refractivity contribution is 0.0599. The SMILES string of the molecule is COC(=O)c1c(C)cc(C)c(C)c1C. The topological polar surface area (TPSA) is 26.3 Å². The molecule has 1 aromatic carbocycles. The summed E-state index contributed by atoms with van der Waals surface area (Å²) in [6, 6.07) is 2.02. The van der Waals surface area contributed by atoms with Crippen molar-refractivity contribution in [3.8, 4) is 0 Å². The molecule has 76 valence electrons. The van der Waals surface area contributed by atoms with E-state index in [1.165, 1.54) is 12.7 Å². The Morgan fingerprint density at radius 2 is 1.64 bits per heavy atom. The van der Waals surface area contributed by atoms with Crippen molar-refractivity contribution in [2.75, 3.05) is 7.11 Å². The summed E-state index contributed by atoms with van der Waals surface area (Å²) in [6.07, 6.45) is 0. The molecule has 0 spiro atoms. The molecule has 0 heterocycles. The Hall–Kier alpha value is -1.31. The fourth-order valence-corrected chi connectivity index (χ4v) is 1.70. The zero-order valence-corrected chi connectivity index (χ0v) is 9.39. The van der Waals surface area contributed by atoms with Crippen LogP contribution in [0.25, 0.3) is 0 Å². The van der Waals surface area contributed by atoms with Crippen LogP contribution >= 0.6 is 0 Å². The van der Waals surface area contributed by atoms with E-state index in [1.807, 2.05) is 26.8 Å². The number of rotatable bonds is 1. The van der Waals surface area contributed by atoms with Crippen LogP contribution < -0.4 is 0 Å². The Kier molecular flexibility index (Phi) is 2.94. The zero-order valence-electron chi connectivity index (χ0n) is 9.39. The van der Waals surface area contributed by atoms with Crippen molar-refractivity contribution in [2.45, 2.75) is 27.7 Å². The highest BCUT2D eigenvalue weighted by atomic mass is 16.5. The summed E-state index contributed by atoms with van der Waals surface area (Å²) < 4.78 is 4.75. The van der Waals surface area contributed by atoms with Crippen LogP contribution in [0.2, 0.25) is 0 Å². The van der Waals surface area contributed by atoms with Crippen molar-refractivity contribution in [3.05, 3.63) is 33.9 Å². The van der Waals surface area contributed by atoms with E-state index in [4.69, 9.17) is 4.74 Å². The first-order valence-corrected chi connectivity index (χ1v) is 4.64. The van der Waals surface area contributed by atoms with Gasteiger partial charge in [-0.1, -0.05) is 6.07 Å². The van der Waals surface area contributed by atoms with Gasteiger partial charge in [-0.05, 0) is 49.9 Å². The number of hydrogen-bond donors (Lipinski definition) is 0. The van der Waals surface area contributed by atoms with E-state index in [1.54, 1.807) is 0 Å². The molecule has 2 heteroatoms. The van der Waals surface area contributed by atoms with E-state index >= 15 is 0 Å². The predicted octanol–water partition coefficient (Wildman–Crippen LogP) is 2.71. The molecule has 0 atom stereocenters. The van der Waals surface area contributed by atoms with Gasteiger partial charge in [-0.15, -0.1) is 0 Å². The smallest absolute Gasteiger partial charge is 0.338 e. The maximum absolute atomic E-state index is 11.5. The molecule has 1 rings (SSSR count). The molecule has 0 bridgehead atoms. The van der Waals surface area contributed by atoms with Crippen molar-refractivity contribution in [1.82, 2.24) is 0 Å². The molecular formula is C12H16O2. The van der Waals surface area contributed by atoms with E-state index < -0.39 is 0 Å². The number of carbonyl (C=O) groups excluding carboxylic acids is 1. The van der Waals surface area contributed by atoms with Gasteiger partial charge in [0.15, 0.2) is 0 Å². The quantitative estimate of drug-likeness (QED) is 0.639. The number of aryl methyl sites for hydroxylation is 2. The zero-order chi connectivity index (χ0) is 10.9. The van der Waals surface area contributed by atoms with E-state index in [0.717, 1.165) is 16.7 Å². The summed E-state index contributed by atoms with van der Waals surface area (Å²) in [5.41, 5.74) is 5.09. The van der Waals surface area contributed by atoms with Crippen LogP contribution in [0.1, 0.15) is 32.6 Å². The summed E-state index contributed by atoms with van der Waals surface area (Å²) in [5.74, 6) is -0.247. The molecule has 0 aromatic heterocycles. The maximum atomic E-state index is 11.5. The van der Waals surface area contributed by atoms with Gasteiger partial charge in [0.2, 0.25) is 0 Å². The lowest BCUT2D eigenvalue weighted by Crippen LogP contribution is -2.08. The Labute approximate surface area is 84.9 Å². The number of benzene rings is 1. The molecule has 0 radical (unpaired) electrons. The van der Waals surface area contributed by atoms with Gasteiger partial charge in [-0.25, -0.2) is 4.79 Å². The minimum absolute atomic E-state index is 0.247. The first-order chi connectivity index (χ1) is 6.49. The minimum atomic E-state index is -0.247. The maximum Gasteiger partial charge on any atom is 0.338 e. The Morgan fingerprint density at radius 1 is 1.07 bits per heavy atom. The van der Waals surface area contributed by atoms with Crippen molar-refractivity contribution < 1.29 is 9.53 Å². The molecule has 0 unspecified atom stereocenters. The third-order valence-corrected chi connectivity index (χ3v) is 2.75. The van der Waals surface area contributed by atoms with Crippen LogP contribution in [0.5, 0.6) is 0 Å². The Bertz CT molecular complexity index is 378. The number of esters is 1. The molecule has 0 aliphatic carbocycles. The molecule has 0 N–H and O–H groups in total. The molecule has 2 nitrogen and oxygen atoms in total. The van der Waals surface area contributed by atoms with E-state index in [-0.39, 0.29) is 5.97 Å². The largest absolute Gasteiger partial charge is 0.465 e. The third kappa shape index (κ3) is 1.65. The van der Waals surface area contributed by atoms with Gasteiger partial charge in [-0.3, -0.25) is 0 Å². The third-order valence-electron chi connectivity index (χ3n) is 2.75. The number of hydrogen-bond acceptors (Lipinski definition) is 2. The second kappa shape index (κ2) is 3.82. The van der Waals surface area contributed by atoms with Gasteiger partial charge in [-0.2, -0.15) is 0 Å². The number of carbonyl (C=O) groups is 1. The highest BCUT2D eigenvalue weighted by Gasteiger charge is 2.15. The molecule has 0 saturated heterocycles. The van der Waals surface area contributed by atoms with Gasteiger partial charge in [0.05, 0.1) is 12.7 Å². The normalized spacial score (nSPS) is 10.1. The summed E-state index contributed by atoms with van der Waals surface area (Å²) >= 11 is 0. The molecule has 0 fully saturated rings. The van der Waals surface area contributed by atoms with Crippen LogP contribution in [0.4, 0.5) is 0 Å². The summed E-state index contributed by atoms with van der Waals surface area (Å²) in [7, 11) is 1.41. The Balaban J connectivity index is 3.44. The van der Waals surface area contributed by atoms with Crippen LogP contribution in [-0.4, -0.2) is 13.1 Å². The lowest BCUT2D eigenvalue weighted by Gasteiger charge is -2.12. The molecule has 0 amide bonds. The predicted molar refractivity (Wildman–Crippen MR) is 56.7 cm³/mol. The van der Waals surface area contributed by atoms with Crippen molar-refractivity contribution in [1.29, 1.82) is 0 Å². The summed E-state index contributed by atoms with van der Waals surface area (Å²) in [6.45, 7) is 7.97. The fraction of sp³-hybridized carbons (Fsp3) is 0.417. The molecular weight excluding hydrogens is 176 g/mol. The summed E-state index contributed by atoms with van der Waals surface area (Å²) in [5, 5.41) is 0. The van der Waals surface area contributed by atoms with E-state index in [0.29, 0.717) is 5.56 Å². The number of methoxy groups -OCH3 is 1. The van der Waals surface area contributed by atoms with Gasteiger partial charge in [0.25, 0.3) is 0 Å². The highest BCUT2D eigenvalue weighted by Crippen LogP contribution is 2.21. The summed E-state index contributed by atoms with van der Waals surface area (Å²) in [4.78, 5) is 11.5. The van der Waals surface area contributed by atoms with Gasteiger partial charge in [0, 0.05) is 0 Å². The first-order valence-electron chi connectivity index (χ1n) is 4.64.